The zero-order valence-corrected chi connectivity index (χ0v) is 14.6. The lowest BCUT2D eigenvalue weighted by atomic mass is 10.3. The fourth-order valence-electron chi connectivity index (χ4n) is 2.23. The van der Waals surface area contributed by atoms with Crippen LogP contribution >= 0.6 is 12.2 Å². The van der Waals surface area contributed by atoms with Crippen LogP contribution in [0.3, 0.4) is 0 Å². The number of nitrogens with one attached hydrogen (secondary N) is 1. The fraction of sp³-hybridized carbons (Fsp3) is 0.400. The Morgan fingerprint density at radius 2 is 1.83 bits per heavy atom. The van der Waals surface area contributed by atoms with E-state index >= 15 is 0 Å². The van der Waals surface area contributed by atoms with Crippen molar-refractivity contribution in [3.8, 4) is 0 Å². The molecule has 1 aromatic carbocycles. The largest absolute Gasteiger partial charge is 0.359 e. The van der Waals surface area contributed by atoms with E-state index in [0.717, 1.165) is 17.7 Å². The zero-order chi connectivity index (χ0) is 17.0. The maximum atomic E-state index is 12.9. The van der Waals surface area contributed by atoms with Gasteiger partial charge >= 0.3 is 0 Å². The molecule has 1 N–H and O–H groups in total. The van der Waals surface area contributed by atoms with Crippen molar-refractivity contribution < 1.29 is 12.8 Å². The van der Waals surface area contributed by atoms with Gasteiger partial charge < -0.3 is 10.2 Å². The molecule has 126 valence electrons. The van der Waals surface area contributed by atoms with Gasteiger partial charge in [-0.15, -0.1) is 0 Å². The van der Waals surface area contributed by atoms with Gasteiger partial charge in [0, 0.05) is 32.7 Å². The molecule has 1 fully saturated rings. The number of nitrogens with zero attached hydrogens (tertiary/aromatic N) is 2. The van der Waals surface area contributed by atoms with Gasteiger partial charge in [-0.05, 0) is 43.4 Å². The molecule has 0 saturated carbocycles. The third kappa shape index (κ3) is 4.49. The number of sulfonamides is 1. The lowest BCUT2D eigenvalue weighted by Crippen LogP contribution is -2.53. The molecule has 1 aromatic rings. The number of thiocarbonyl (C=S) groups is 1. The van der Waals surface area contributed by atoms with Crippen molar-refractivity contribution >= 4 is 27.4 Å². The smallest absolute Gasteiger partial charge is 0.243 e. The maximum absolute atomic E-state index is 12.9. The van der Waals surface area contributed by atoms with Gasteiger partial charge in [0.05, 0.1) is 4.90 Å². The predicted octanol–water partition coefficient (Wildman–Crippen LogP) is 1.58. The first-order valence-electron chi connectivity index (χ1n) is 7.23. The molecule has 0 aromatic heterocycles. The minimum atomic E-state index is -3.59. The van der Waals surface area contributed by atoms with Gasteiger partial charge in [-0.3, -0.25) is 0 Å². The second-order valence-electron chi connectivity index (χ2n) is 5.46. The average molecular weight is 357 g/mol. The number of hydrogen-bond donors (Lipinski definition) is 1. The van der Waals surface area contributed by atoms with Crippen LogP contribution in [0.25, 0.3) is 0 Å². The Morgan fingerprint density at radius 1 is 1.26 bits per heavy atom. The highest BCUT2D eigenvalue weighted by Crippen LogP contribution is 2.18. The van der Waals surface area contributed by atoms with Crippen LogP contribution in [-0.4, -0.2) is 55.5 Å². The zero-order valence-electron chi connectivity index (χ0n) is 13.0. The minimum Gasteiger partial charge on any atom is -0.359 e. The number of piperazine rings is 1. The Hall–Kier alpha value is -1.51. The monoisotopic (exact) mass is 357 g/mol. The lowest BCUT2D eigenvalue weighted by molar-refractivity contribution is 0.264. The Bertz CT molecular complexity index is 681. The first-order chi connectivity index (χ1) is 10.8. The normalized spacial score (nSPS) is 16.2. The summed E-state index contributed by atoms with van der Waals surface area (Å²) in [6.07, 6.45) is 0. The molecule has 23 heavy (non-hydrogen) atoms. The molecule has 0 spiro atoms. The molecule has 5 nitrogen and oxygen atoms in total. The third-order valence-electron chi connectivity index (χ3n) is 3.52. The van der Waals surface area contributed by atoms with Crippen molar-refractivity contribution in [2.75, 3.05) is 32.7 Å². The maximum Gasteiger partial charge on any atom is 0.243 e. The molecule has 8 heteroatoms. The second kappa shape index (κ2) is 7.37. The van der Waals surface area contributed by atoms with Crippen LogP contribution in [0.2, 0.25) is 0 Å². The van der Waals surface area contributed by atoms with E-state index in [1.807, 2.05) is 11.8 Å². The molecular formula is C15H20FN3O2S2. The minimum absolute atomic E-state index is 0.107. The Kier molecular flexibility index (Phi) is 5.72. The molecule has 2 rings (SSSR count). The van der Waals surface area contributed by atoms with Crippen molar-refractivity contribution in [1.29, 1.82) is 0 Å². The van der Waals surface area contributed by atoms with Crippen LogP contribution in [0, 0.1) is 5.82 Å². The van der Waals surface area contributed by atoms with Crippen LogP contribution in [0.15, 0.2) is 41.3 Å². The van der Waals surface area contributed by atoms with E-state index in [2.05, 4.69) is 11.9 Å². The Morgan fingerprint density at radius 3 is 2.35 bits per heavy atom. The summed E-state index contributed by atoms with van der Waals surface area (Å²) in [7, 11) is -3.59. The van der Waals surface area contributed by atoms with Gasteiger partial charge in [-0.2, -0.15) is 4.31 Å². The SMILES string of the molecule is C=C(C)CNC(=S)N1CCN(S(=O)(=O)c2ccc(F)cc2)CC1. The van der Waals surface area contributed by atoms with Crippen LogP contribution in [0.1, 0.15) is 6.92 Å². The highest BCUT2D eigenvalue weighted by Gasteiger charge is 2.29. The van der Waals surface area contributed by atoms with E-state index < -0.39 is 15.8 Å². The second-order valence-corrected chi connectivity index (χ2v) is 7.79. The van der Waals surface area contributed by atoms with Crippen molar-refractivity contribution in [1.82, 2.24) is 14.5 Å². The molecule has 0 unspecified atom stereocenters. The molecule has 1 aliphatic rings. The standard InChI is InChI=1S/C15H20FN3O2S2/c1-12(2)11-17-15(22)18-7-9-19(10-8-18)23(20,21)14-5-3-13(16)4-6-14/h3-6H,1,7-11H2,2H3,(H,17,22). The van der Waals surface area contributed by atoms with Crippen LogP contribution in [0.4, 0.5) is 4.39 Å². The average Bonchev–Trinajstić information content (AvgIpc) is 2.53. The van der Waals surface area contributed by atoms with Crippen LogP contribution in [0.5, 0.6) is 0 Å². The van der Waals surface area contributed by atoms with Gasteiger partial charge in [0.15, 0.2) is 5.11 Å². The fourth-order valence-corrected chi connectivity index (χ4v) is 3.90. The van der Waals surface area contributed by atoms with Crippen LogP contribution < -0.4 is 5.32 Å². The first-order valence-corrected chi connectivity index (χ1v) is 9.08. The van der Waals surface area contributed by atoms with Gasteiger partial charge in [-0.1, -0.05) is 12.2 Å². The number of rotatable bonds is 4. The van der Waals surface area contributed by atoms with Crippen molar-refractivity contribution in [3.63, 3.8) is 0 Å². The highest BCUT2D eigenvalue weighted by atomic mass is 32.2. The van der Waals surface area contributed by atoms with E-state index in [-0.39, 0.29) is 4.90 Å². The molecule has 0 amide bonds. The first kappa shape index (κ1) is 17.8. The van der Waals surface area contributed by atoms with E-state index in [9.17, 15) is 12.8 Å². The van der Waals surface area contributed by atoms with Gasteiger partial charge in [0.1, 0.15) is 5.82 Å². The Balaban J connectivity index is 1.97. The van der Waals surface area contributed by atoms with Crippen molar-refractivity contribution in [3.05, 3.63) is 42.2 Å². The van der Waals surface area contributed by atoms with Gasteiger partial charge in [0.2, 0.25) is 10.0 Å². The molecule has 1 aliphatic heterocycles. The summed E-state index contributed by atoms with van der Waals surface area (Å²) in [6, 6.07) is 4.88. The molecule has 0 atom stereocenters. The molecule has 0 aliphatic carbocycles. The third-order valence-corrected chi connectivity index (χ3v) is 5.83. The molecule has 0 radical (unpaired) electrons. The van der Waals surface area contributed by atoms with Crippen LogP contribution in [-0.2, 0) is 10.0 Å². The summed E-state index contributed by atoms with van der Waals surface area (Å²) in [6.45, 7) is 8.03. The van der Waals surface area contributed by atoms with E-state index in [1.165, 1.54) is 16.4 Å². The lowest BCUT2D eigenvalue weighted by Gasteiger charge is -2.35. The van der Waals surface area contributed by atoms with Gasteiger partial charge in [0.25, 0.3) is 0 Å². The van der Waals surface area contributed by atoms with Crippen molar-refractivity contribution in [2.24, 2.45) is 0 Å². The summed E-state index contributed by atoms with van der Waals surface area (Å²) in [5.74, 6) is -0.456. The highest BCUT2D eigenvalue weighted by molar-refractivity contribution is 7.89. The topological polar surface area (TPSA) is 52.6 Å². The molecular weight excluding hydrogens is 337 g/mol. The number of benzene rings is 1. The number of hydrogen-bond acceptors (Lipinski definition) is 3. The predicted molar refractivity (Wildman–Crippen MR) is 92.1 cm³/mol. The summed E-state index contributed by atoms with van der Waals surface area (Å²) >= 11 is 5.30. The summed E-state index contributed by atoms with van der Waals surface area (Å²) in [4.78, 5) is 2.05. The van der Waals surface area contributed by atoms with E-state index in [4.69, 9.17) is 12.2 Å². The summed E-state index contributed by atoms with van der Waals surface area (Å²) in [5, 5.41) is 3.70. The number of halogens is 1. The van der Waals surface area contributed by atoms with E-state index in [1.54, 1.807) is 0 Å². The molecule has 0 bridgehead atoms. The molecule has 1 heterocycles. The quantitative estimate of drug-likeness (QED) is 0.655. The van der Waals surface area contributed by atoms with Gasteiger partial charge in [-0.25, -0.2) is 12.8 Å². The summed E-state index contributed by atoms with van der Waals surface area (Å²) < 4.78 is 39.4. The van der Waals surface area contributed by atoms with E-state index in [0.29, 0.717) is 37.8 Å². The summed E-state index contributed by atoms with van der Waals surface area (Å²) in [5.41, 5.74) is 0.977. The Labute approximate surface area is 141 Å². The van der Waals surface area contributed by atoms with Crippen molar-refractivity contribution in [2.45, 2.75) is 11.8 Å². The molecule has 1 saturated heterocycles.